The van der Waals surface area contributed by atoms with Gasteiger partial charge in [-0.2, -0.15) is 0 Å². The van der Waals surface area contributed by atoms with Crippen molar-refractivity contribution in [1.29, 1.82) is 0 Å². The van der Waals surface area contributed by atoms with Crippen LogP contribution in [0.2, 0.25) is 0 Å². The summed E-state index contributed by atoms with van der Waals surface area (Å²) < 4.78 is 0. The fourth-order valence-corrected chi connectivity index (χ4v) is 0.769. The zero-order valence-corrected chi connectivity index (χ0v) is 6.08. The summed E-state index contributed by atoms with van der Waals surface area (Å²) in [7, 11) is 0. The fraction of sp³-hybridized carbons (Fsp3) is 0.833. The molecule has 0 saturated carbocycles. The lowest BCUT2D eigenvalue weighted by Crippen LogP contribution is -2.41. The second-order valence-electron chi connectivity index (χ2n) is 2.27. The van der Waals surface area contributed by atoms with Gasteiger partial charge in [-0.15, -0.1) is 0 Å². The zero-order chi connectivity index (χ0) is 8.15. The van der Waals surface area contributed by atoms with E-state index in [2.05, 4.69) is 0 Å². The van der Waals surface area contributed by atoms with Crippen molar-refractivity contribution in [2.24, 2.45) is 17.4 Å². The lowest BCUT2D eigenvalue weighted by molar-refractivity contribution is -0.139. The van der Waals surface area contributed by atoms with Gasteiger partial charge in [0.05, 0.1) is 0 Å². The molecule has 0 saturated heterocycles. The topological polar surface area (TPSA) is 89.3 Å². The molecule has 0 aromatic rings. The van der Waals surface area contributed by atoms with Gasteiger partial charge in [0, 0.05) is 0 Å². The molecule has 0 heterocycles. The van der Waals surface area contributed by atoms with Crippen LogP contribution in [-0.2, 0) is 4.79 Å². The number of carbonyl (C=O) groups is 1. The first-order valence-electron chi connectivity index (χ1n) is 3.31. The molecule has 0 amide bonds. The van der Waals surface area contributed by atoms with E-state index in [9.17, 15) is 4.79 Å². The van der Waals surface area contributed by atoms with E-state index in [4.69, 9.17) is 16.6 Å². The van der Waals surface area contributed by atoms with Crippen LogP contribution >= 0.6 is 0 Å². The zero-order valence-electron chi connectivity index (χ0n) is 6.08. The van der Waals surface area contributed by atoms with E-state index >= 15 is 0 Å². The normalized spacial score (nSPS) is 16.3. The second kappa shape index (κ2) is 4.24. The molecular formula is C6H14N2O2. The third kappa shape index (κ3) is 2.33. The van der Waals surface area contributed by atoms with Crippen LogP contribution in [0.15, 0.2) is 0 Å². The first kappa shape index (κ1) is 9.39. The maximum Gasteiger partial charge on any atom is 0.320 e. The summed E-state index contributed by atoms with van der Waals surface area (Å²) in [5.74, 6) is -1.07. The van der Waals surface area contributed by atoms with Crippen molar-refractivity contribution in [2.45, 2.75) is 19.4 Å². The maximum absolute atomic E-state index is 10.3. The van der Waals surface area contributed by atoms with Crippen molar-refractivity contribution in [1.82, 2.24) is 0 Å². The van der Waals surface area contributed by atoms with Crippen molar-refractivity contribution in [3.05, 3.63) is 0 Å². The molecule has 5 N–H and O–H groups in total. The van der Waals surface area contributed by atoms with Crippen LogP contribution < -0.4 is 11.5 Å². The fourth-order valence-electron chi connectivity index (χ4n) is 0.769. The summed E-state index contributed by atoms with van der Waals surface area (Å²) in [6.45, 7) is 2.21. The first-order chi connectivity index (χ1) is 4.63. The Bertz CT molecular complexity index is 112. The quantitative estimate of drug-likeness (QED) is 0.493. The molecule has 0 aliphatic carbocycles. The number of carboxylic acids is 1. The Morgan fingerprint density at radius 3 is 2.30 bits per heavy atom. The van der Waals surface area contributed by atoms with Crippen molar-refractivity contribution in [3.63, 3.8) is 0 Å². The van der Waals surface area contributed by atoms with E-state index in [0.29, 0.717) is 13.0 Å². The van der Waals surface area contributed by atoms with E-state index in [-0.39, 0.29) is 5.92 Å². The van der Waals surface area contributed by atoms with Gasteiger partial charge in [0.1, 0.15) is 6.04 Å². The van der Waals surface area contributed by atoms with Crippen LogP contribution in [-0.4, -0.2) is 23.7 Å². The Hall–Kier alpha value is -0.610. The predicted octanol–water partition coefficient (Wildman–Crippen LogP) is -0.617. The Balaban J connectivity index is 3.88. The molecule has 0 radical (unpaired) electrons. The van der Waals surface area contributed by atoms with Gasteiger partial charge in [-0.25, -0.2) is 0 Å². The summed E-state index contributed by atoms with van der Waals surface area (Å²) in [5.41, 5.74) is 10.6. The monoisotopic (exact) mass is 146 g/mol. The molecule has 0 bridgehead atoms. The minimum absolute atomic E-state index is 0.0995. The van der Waals surface area contributed by atoms with Gasteiger partial charge in [-0.05, 0) is 12.5 Å². The molecule has 2 unspecified atom stereocenters. The molecule has 0 aliphatic rings. The summed E-state index contributed by atoms with van der Waals surface area (Å²) in [4.78, 5) is 10.3. The van der Waals surface area contributed by atoms with Gasteiger partial charge in [0.25, 0.3) is 0 Å². The largest absolute Gasteiger partial charge is 0.480 e. The van der Waals surface area contributed by atoms with E-state index in [0.717, 1.165) is 0 Å². The third-order valence-electron chi connectivity index (χ3n) is 1.62. The van der Waals surface area contributed by atoms with Crippen LogP contribution in [0.3, 0.4) is 0 Å². The van der Waals surface area contributed by atoms with Crippen molar-refractivity contribution in [2.75, 3.05) is 6.54 Å². The number of carboxylic acid groups (broad SMARTS) is 1. The van der Waals surface area contributed by atoms with Crippen molar-refractivity contribution < 1.29 is 9.90 Å². The summed E-state index contributed by atoms with van der Waals surface area (Å²) in [5, 5.41) is 8.43. The SMILES string of the molecule is CCC(CN)C(N)C(=O)O. The lowest BCUT2D eigenvalue weighted by Gasteiger charge is -2.15. The first-order valence-corrected chi connectivity index (χ1v) is 3.31. The average Bonchev–Trinajstić information content (AvgIpc) is 1.90. The number of aliphatic carboxylic acids is 1. The third-order valence-corrected chi connectivity index (χ3v) is 1.62. The molecular weight excluding hydrogens is 132 g/mol. The smallest absolute Gasteiger partial charge is 0.320 e. The van der Waals surface area contributed by atoms with Gasteiger partial charge in [-0.1, -0.05) is 13.3 Å². The van der Waals surface area contributed by atoms with Crippen LogP contribution in [0.25, 0.3) is 0 Å². The summed E-state index contributed by atoms with van der Waals surface area (Å²) in [6.07, 6.45) is 0.712. The minimum Gasteiger partial charge on any atom is -0.480 e. The molecule has 0 spiro atoms. The molecule has 60 valence electrons. The highest BCUT2D eigenvalue weighted by atomic mass is 16.4. The van der Waals surface area contributed by atoms with E-state index in [1.165, 1.54) is 0 Å². The second-order valence-corrected chi connectivity index (χ2v) is 2.27. The summed E-state index contributed by atoms with van der Waals surface area (Å²) in [6, 6.07) is -0.810. The van der Waals surface area contributed by atoms with E-state index < -0.39 is 12.0 Å². The van der Waals surface area contributed by atoms with Gasteiger partial charge in [-0.3, -0.25) is 4.79 Å². The molecule has 0 aromatic heterocycles. The van der Waals surface area contributed by atoms with Crippen molar-refractivity contribution >= 4 is 5.97 Å². The highest BCUT2D eigenvalue weighted by Crippen LogP contribution is 2.03. The predicted molar refractivity (Wildman–Crippen MR) is 38.4 cm³/mol. The van der Waals surface area contributed by atoms with Gasteiger partial charge < -0.3 is 16.6 Å². The molecule has 0 aliphatic heterocycles. The van der Waals surface area contributed by atoms with Crippen LogP contribution in [0.1, 0.15) is 13.3 Å². The number of nitrogens with two attached hydrogens (primary N) is 2. The standard InChI is InChI=1S/C6H14N2O2/c1-2-4(3-7)5(8)6(9)10/h4-5H,2-3,7-8H2,1H3,(H,9,10). The molecule has 4 nitrogen and oxygen atoms in total. The molecule has 0 rings (SSSR count). The maximum atomic E-state index is 10.3. The van der Waals surface area contributed by atoms with E-state index in [1.807, 2.05) is 6.92 Å². The lowest BCUT2D eigenvalue weighted by atomic mass is 9.98. The van der Waals surface area contributed by atoms with Gasteiger partial charge >= 0.3 is 5.97 Å². The van der Waals surface area contributed by atoms with Gasteiger partial charge in [0.15, 0.2) is 0 Å². The average molecular weight is 146 g/mol. The molecule has 4 heteroatoms. The Morgan fingerprint density at radius 1 is 1.70 bits per heavy atom. The highest BCUT2D eigenvalue weighted by Gasteiger charge is 2.20. The minimum atomic E-state index is -0.975. The Labute approximate surface area is 60.2 Å². The number of hydrogen-bond donors (Lipinski definition) is 3. The Kier molecular flexibility index (Phi) is 3.99. The van der Waals surface area contributed by atoms with E-state index in [1.54, 1.807) is 0 Å². The van der Waals surface area contributed by atoms with Crippen LogP contribution in [0.5, 0.6) is 0 Å². The highest BCUT2D eigenvalue weighted by molar-refractivity contribution is 5.73. The van der Waals surface area contributed by atoms with Gasteiger partial charge in [0.2, 0.25) is 0 Å². The Morgan fingerprint density at radius 2 is 2.20 bits per heavy atom. The number of rotatable bonds is 4. The van der Waals surface area contributed by atoms with Crippen LogP contribution in [0, 0.1) is 5.92 Å². The van der Waals surface area contributed by atoms with Crippen LogP contribution in [0.4, 0.5) is 0 Å². The molecule has 0 aromatic carbocycles. The molecule has 2 atom stereocenters. The summed E-state index contributed by atoms with van der Waals surface area (Å²) >= 11 is 0. The van der Waals surface area contributed by atoms with Crippen molar-refractivity contribution in [3.8, 4) is 0 Å². The molecule has 0 fully saturated rings. The molecule has 10 heavy (non-hydrogen) atoms. The number of hydrogen-bond acceptors (Lipinski definition) is 3.